The standard InChI is InChI=1S/C41H72N6O15/c1-12-15-18-44(29-56-8)41(53)47(32-59-11)20-23-61-37(49)34(5)26-35(38(50)62-24-21-46(31-58-10)40(52)43(17-14-3)28-55-7)25-33(4)36(48)60-22-19-45(30-57-9)39(51)42(16-13-2)27-54-6/h25-26H,5,12-24,27-32H2,1-4,6-11H3/b33-25+,35-26+. The highest BCUT2D eigenvalue weighted by atomic mass is 16.5. The number of nitrogens with zero attached hydrogens (tertiary/aromatic N) is 6. The Hall–Kier alpha value is -4.80. The van der Waals surface area contributed by atoms with Crippen molar-refractivity contribution in [3.05, 3.63) is 35.5 Å². The highest BCUT2D eigenvalue weighted by Crippen LogP contribution is 2.13. The van der Waals surface area contributed by atoms with Crippen molar-refractivity contribution in [2.75, 3.05) is 142 Å². The molecule has 0 rings (SSSR count). The largest absolute Gasteiger partial charge is 0.460 e. The van der Waals surface area contributed by atoms with Gasteiger partial charge in [-0.1, -0.05) is 33.8 Å². The fourth-order valence-corrected chi connectivity index (χ4v) is 5.45. The first-order chi connectivity index (χ1) is 29.7. The third-order valence-electron chi connectivity index (χ3n) is 8.41. The van der Waals surface area contributed by atoms with Crippen molar-refractivity contribution in [3.63, 3.8) is 0 Å². The van der Waals surface area contributed by atoms with Crippen LogP contribution in [0.2, 0.25) is 0 Å². The lowest BCUT2D eigenvalue weighted by Gasteiger charge is -2.29. The number of rotatable bonds is 33. The monoisotopic (exact) mass is 889 g/mol. The lowest BCUT2D eigenvalue weighted by atomic mass is 10.1. The van der Waals surface area contributed by atoms with Gasteiger partial charge in [-0.15, -0.1) is 0 Å². The molecule has 0 spiro atoms. The van der Waals surface area contributed by atoms with E-state index >= 15 is 0 Å². The maximum atomic E-state index is 13.6. The molecule has 21 heteroatoms. The molecule has 0 N–H and O–H groups in total. The molecular weight excluding hydrogens is 816 g/mol. The first-order valence-electron chi connectivity index (χ1n) is 20.4. The SMILES string of the molecule is C=C(/C=C(\C=C(/C)C(=O)OCCN(COC)C(=O)N(CCC)COC)C(=O)OCCN(COC)C(=O)N(CCC)COC)C(=O)OCCN(COC)C(=O)N(CCCC)COC. The molecule has 0 aromatic rings. The third kappa shape index (κ3) is 22.3. The van der Waals surface area contributed by atoms with Gasteiger partial charge >= 0.3 is 36.0 Å². The van der Waals surface area contributed by atoms with E-state index in [-0.39, 0.29) is 109 Å². The van der Waals surface area contributed by atoms with Gasteiger partial charge in [0, 0.05) is 67.9 Å². The number of unbranched alkanes of at least 4 members (excludes halogenated alkanes) is 1. The summed E-state index contributed by atoms with van der Waals surface area (Å²) < 4.78 is 47.4. The Kier molecular flexibility index (Phi) is 32.1. The van der Waals surface area contributed by atoms with E-state index < -0.39 is 23.9 Å². The van der Waals surface area contributed by atoms with E-state index in [0.29, 0.717) is 32.5 Å². The van der Waals surface area contributed by atoms with Crippen molar-refractivity contribution < 1.29 is 71.4 Å². The predicted molar refractivity (Wildman–Crippen MR) is 227 cm³/mol. The van der Waals surface area contributed by atoms with E-state index in [1.165, 1.54) is 79.0 Å². The van der Waals surface area contributed by atoms with Crippen LogP contribution in [-0.2, 0) is 57.0 Å². The van der Waals surface area contributed by atoms with E-state index in [2.05, 4.69) is 6.58 Å². The number of urea groups is 3. The summed E-state index contributed by atoms with van der Waals surface area (Å²) in [5.41, 5.74) is -0.615. The smallest absolute Gasteiger partial charge is 0.338 e. The zero-order chi connectivity index (χ0) is 46.9. The summed E-state index contributed by atoms with van der Waals surface area (Å²) in [6, 6.07) is -1.16. The molecule has 6 amide bonds. The molecule has 0 radical (unpaired) electrons. The molecule has 0 unspecified atom stereocenters. The van der Waals surface area contributed by atoms with Crippen LogP contribution in [0.4, 0.5) is 14.4 Å². The highest BCUT2D eigenvalue weighted by Gasteiger charge is 2.24. The van der Waals surface area contributed by atoms with Crippen LogP contribution in [0.25, 0.3) is 0 Å². The molecule has 0 aromatic heterocycles. The van der Waals surface area contributed by atoms with Gasteiger partial charge in [-0.25, -0.2) is 28.8 Å². The van der Waals surface area contributed by atoms with E-state index in [1.807, 2.05) is 20.8 Å². The first kappa shape index (κ1) is 57.2. The van der Waals surface area contributed by atoms with Gasteiger partial charge in [0.25, 0.3) is 0 Å². The van der Waals surface area contributed by atoms with Gasteiger partial charge < -0.3 is 57.3 Å². The number of methoxy groups -OCH3 is 6. The van der Waals surface area contributed by atoms with Crippen LogP contribution in [0.1, 0.15) is 53.4 Å². The third-order valence-corrected chi connectivity index (χ3v) is 8.41. The number of esters is 3. The quantitative estimate of drug-likeness (QED) is 0.0304. The zero-order valence-corrected chi connectivity index (χ0v) is 38.6. The van der Waals surface area contributed by atoms with Crippen molar-refractivity contribution in [1.82, 2.24) is 29.4 Å². The molecule has 0 atom stereocenters. The number of carbonyl (C=O) groups is 6. The summed E-state index contributed by atoms with van der Waals surface area (Å²) in [5.74, 6) is -2.72. The van der Waals surface area contributed by atoms with Crippen LogP contribution in [0.3, 0.4) is 0 Å². The minimum Gasteiger partial charge on any atom is -0.460 e. The number of hydrogen-bond donors (Lipinski definition) is 0. The Bertz CT molecular complexity index is 1420. The van der Waals surface area contributed by atoms with Gasteiger partial charge in [0.2, 0.25) is 0 Å². The van der Waals surface area contributed by atoms with Gasteiger partial charge in [-0.3, -0.25) is 14.7 Å². The predicted octanol–water partition coefficient (Wildman–Crippen LogP) is 3.46. The number of ether oxygens (including phenoxy) is 9. The van der Waals surface area contributed by atoms with Gasteiger partial charge in [-0.05, 0) is 38.3 Å². The van der Waals surface area contributed by atoms with Crippen LogP contribution in [0.5, 0.6) is 0 Å². The molecule has 0 heterocycles. The molecule has 0 aromatic carbocycles. The summed E-state index contributed by atoms with van der Waals surface area (Å²) in [6.45, 7) is 11.3. The normalized spacial score (nSPS) is 11.4. The van der Waals surface area contributed by atoms with E-state index in [1.54, 1.807) is 0 Å². The van der Waals surface area contributed by atoms with Crippen molar-refractivity contribution in [3.8, 4) is 0 Å². The Morgan fingerprint density at radius 2 is 0.758 bits per heavy atom. The van der Waals surface area contributed by atoms with Gasteiger partial charge in [0.05, 0.1) is 30.8 Å². The van der Waals surface area contributed by atoms with Crippen LogP contribution in [-0.4, -0.2) is 208 Å². The fraction of sp³-hybridized carbons (Fsp3) is 0.707. The molecule has 0 aliphatic carbocycles. The van der Waals surface area contributed by atoms with Crippen LogP contribution in [0.15, 0.2) is 35.5 Å². The first-order valence-corrected chi connectivity index (χ1v) is 20.4. The zero-order valence-electron chi connectivity index (χ0n) is 38.6. The second-order valence-corrected chi connectivity index (χ2v) is 13.6. The van der Waals surface area contributed by atoms with Crippen molar-refractivity contribution in [1.29, 1.82) is 0 Å². The summed E-state index contributed by atoms with van der Waals surface area (Å²) in [5, 5.41) is 0. The fourth-order valence-electron chi connectivity index (χ4n) is 5.45. The van der Waals surface area contributed by atoms with Crippen molar-refractivity contribution in [2.45, 2.75) is 53.4 Å². The molecule has 0 saturated heterocycles. The molecule has 62 heavy (non-hydrogen) atoms. The molecule has 0 fully saturated rings. The number of hydrogen-bond acceptors (Lipinski definition) is 15. The highest BCUT2D eigenvalue weighted by molar-refractivity contribution is 5.99. The molecule has 21 nitrogen and oxygen atoms in total. The van der Waals surface area contributed by atoms with E-state index in [0.717, 1.165) is 25.0 Å². The molecular formula is C41H72N6O15. The molecule has 0 bridgehead atoms. The van der Waals surface area contributed by atoms with Gasteiger partial charge in [0.15, 0.2) is 0 Å². The lowest BCUT2D eigenvalue weighted by Crippen LogP contribution is -2.46. The van der Waals surface area contributed by atoms with Crippen LogP contribution < -0.4 is 0 Å². The van der Waals surface area contributed by atoms with Gasteiger partial charge in [0.1, 0.15) is 60.2 Å². The van der Waals surface area contributed by atoms with Crippen LogP contribution in [0, 0.1) is 0 Å². The van der Waals surface area contributed by atoms with Crippen molar-refractivity contribution in [2.24, 2.45) is 0 Å². The molecule has 0 aliphatic rings. The summed E-state index contributed by atoms with van der Waals surface area (Å²) in [7, 11) is 8.68. The minimum atomic E-state index is -0.966. The lowest BCUT2D eigenvalue weighted by molar-refractivity contribution is -0.140. The van der Waals surface area contributed by atoms with Crippen LogP contribution >= 0.6 is 0 Å². The Morgan fingerprint density at radius 1 is 0.435 bits per heavy atom. The molecule has 0 aliphatic heterocycles. The molecule has 356 valence electrons. The second kappa shape index (κ2) is 34.7. The maximum Gasteiger partial charge on any atom is 0.338 e. The van der Waals surface area contributed by atoms with E-state index in [9.17, 15) is 28.8 Å². The Balaban J connectivity index is 6.30. The summed E-state index contributed by atoms with van der Waals surface area (Å²) in [6.07, 6.45) is 5.21. The topological polar surface area (TPSA) is 205 Å². The minimum absolute atomic E-state index is 0.0175. The van der Waals surface area contributed by atoms with Crippen molar-refractivity contribution >= 4 is 36.0 Å². The average Bonchev–Trinajstić information content (AvgIpc) is 3.25. The number of amides is 6. The maximum absolute atomic E-state index is 13.6. The average molecular weight is 889 g/mol. The van der Waals surface area contributed by atoms with E-state index in [4.69, 9.17) is 42.6 Å². The molecule has 0 saturated carbocycles. The Morgan fingerprint density at radius 3 is 1.10 bits per heavy atom. The Labute approximate surface area is 367 Å². The summed E-state index contributed by atoms with van der Waals surface area (Å²) in [4.78, 5) is 87.9. The number of carbonyl (C=O) groups excluding carboxylic acids is 6. The summed E-state index contributed by atoms with van der Waals surface area (Å²) >= 11 is 0. The second-order valence-electron chi connectivity index (χ2n) is 13.6. The van der Waals surface area contributed by atoms with Gasteiger partial charge in [-0.2, -0.15) is 0 Å².